The second-order valence-electron chi connectivity index (χ2n) is 10.3. The van der Waals surface area contributed by atoms with Gasteiger partial charge in [-0.25, -0.2) is 9.79 Å². The van der Waals surface area contributed by atoms with E-state index in [1.165, 1.54) is 16.9 Å². The van der Waals surface area contributed by atoms with Crippen molar-refractivity contribution in [3.8, 4) is 5.69 Å². The number of esters is 1. The van der Waals surface area contributed by atoms with Gasteiger partial charge < -0.3 is 9.30 Å². The molecule has 1 aliphatic heterocycles. The summed E-state index contributed by atoms with van der Waals surface area (Å²) < 4.78 is 9.93. The fourth-order valence-electron chi connectivity index (χ4n) is 5.56. The number of aryl methyl sites for hydroxylation is 2. The first-order valence-corrected chi connectivity index (χ1v) is 14.8. The Kier molecular flexibility index (Phi) is 7.35. The number of rotatable bonds is 6. The number of carbonyl (C=O) groups is 1. The zero-order chi connectivity index (χ0) is 29.4. The highest BCUT2D eigenvalue weighted by atomic mass is 32.1. The molecule has 0 saturated carbocycles. The quantitative estimate of drug-likeness (QED) is 0.247. The van der Waals surface area contributed by atoms with Crippen LogP contribution in [0.1, 0.15) is 46.6 Å². The summed E-state index contributed by atoms with van der Waals surface area (Å²) in [7, 11) is 0. The maximum atomic E-state index is 14.2. The minimum Gasteiger partial charge on any atom is -0.463 e. The highest BCUT2D eigenvalue weighted by molar-refractivity contribution is 7.07. The minimum absolute atomic E-state index is 0.193. The molecule has 42 heavy (non-hydrogen) atoms. The molecule has 0 unspecified atom stereocenters. The van der Waals surface area contributed by atoms with Gasteiger partial charge in [0.1, 0.15) is 0 Å². The van der Waals surface area contributed by atoms with Crippen LogP contribution in [-0.2, 0) is 9.53 Å². The smallest absolute Gasteiger partial charge is 0.338 e. The second kappa shape index (κ2) is 11.3. The van der Waals surface area contributed by atoms with Crippen LogP contribution >= 0.6 is 11.3 Å². The fourth-order valence-corrected chi connectivity index (χ4v) is 6.55. The molecule has 0 aliphatic carbocycles. The van der Waals surface area contributed by atoms with Gasteiger partial charge in [0.2, 0.25) is 0 Å². The van der Waals surface area contributed by atoms with E-state index in [0.717, 1.165) is 33.8 Å². The predicted molar refractivity (Wildman–Crippen MR) is 167 cm³/mol. The van der Waals surface area contributed by atoms with E-state index >= 15 is 0 Å². The van der Waals surface area contributed by atoms with Gasteiger partial charge in [-0.05, 0) is 63.1 Å². The van der Waals surface area contributed by atoms with Crippen molar-refractivity contribution in [2.45, 2.75) is 33.7 Å². The largest absolute Gasteiger partial charge is 0.463 e. The molecule has 3 heterocycles. The standard InChI is InChI=1S/C35H31N3O3S/c1-5-41-34(40)30-31(25-12-8-6-9-13-25)36-35-38(32(30)26-14-10-7-11-15-26)33(39)29(42-35)21-27-20-23(3)37(24(27)4)28-18-16-22(2)17-19-28/h6-21,32H,5H2,1-4H3/b29-21-/t32-/m1/s1. The molecule has 6 nitrogen and oxygen atoms in total. The van der Waals surface area contributed by atoms with Crippen molar-refractivity contribution < 1.29 is 9.53 Å². The summed E-state index contributed by atoms with van der Waals surface area (Å²) in [6.07, 6.45) is 1.94. The molecule has 5 aromatic rings. The normalized spacial score (nSPS) is 15.0. The Hall–Kier alpha value is -4.75. The summed E-state index contributed by atoms with van der Waals surface area (Å²) in [4.78, 5) is 33.2. The second-order valence-corrected chi connectivity index (χ2v) is 11.3. The third-order valence-electron chi connectivity index (χ3n) is 7.54. The Morgan fingerprint density at radius 2 is 1.62 bits per heavy atom. The molecule has 210 valence electrons. The first-order chi connectivity index (χ1) is 20.4. The van der Waals surface area contributed by atoms with Crippen LogP contribution in [0.2, 0.25) is 0 Å². The molecule has 0 bridgehead atoms. The number of carbonyl (C=O) groups excluding carboxylic acids is 1. The maximum Gasteiger partial charge on any atom is 0.338 e. The van der Waals surface area contributed by atoms with Crippen LogP contribution in [-0.4, -0.2) is 21.7 Å². The van der Waals surface area contributed by atoms with Crippen LogP contribution < -0.4 is 14.9 Å². The molecule has 0 saturated heterocycles. The summed E-state index contributed by atoms with van der Waals surface area (Å²) in [6, 6.07) is 29.0. The van der Waals surface area contributed by atoms with Gasteiger partial charge in [-0.2, -0.15) is 0 Å². The van der Waals surface area contributed by atoms with Crippen molar-refractivity contribution in [2.75, 3.05) is 6.61 Å². The van der Waals surface area contributed by atoms with E-state index in [1.807, 2.05) is 66.7 Å². The van der Waals surface area contributed by atoms with Crippen molar-refractivity contribution in [2.24, 2.45) is 4.99 Å². The fraction of sp³-hybridized carbons (Fsp3) is 0.171. The number of nitrogens with zero attached hydrogens (tertiary/aromatic N) is 3. The van der Waals surface area contributed by atoms with Gasteiger partial charge in [0, 0.05) is 22.6 Å². The summed E-state index contributed by atoms with van der Waals surface area (Å²) in [5.74, 6) is -0.482. The van der Waals surface area contributed by atoms with Gasteiger partial charge >= 0.3 is 5.97 Å². The van der Waals surface area contributed by atoms with E-state index < -0.39 is 12.0 Å². The van der Waals surface area contributed by atoms with E-state index in [4.69, 9.17) is 9.73 Å². The van der Waals surface area contributed by atoms with Gasteiger partial charge in [0.05, 0.1) is 28.5 Å². The lowest BCUT2D eigenvalue weighted by Crippen LogP contribution is -2.40. The molecule has 1 atom stereocenters. The van der Waals surface area contributed by atoms with E-state index in [2.05, 4.69) is 55.7 Å². The predicted octanol–water partition coefficient (Wildman–Crippen LogP) is 5.65. The van der Waals surface area contributed by atoms with Crippen molar-refractivity contribution in [3.63, 3.8) is 0 Å². The highest BCUT2D eigenvalue weighted by Crippen LogP contribution is 2.35. The van der Waals surface area contributed by atoms with Crippen molar-refractivity contribution in [3.05, 3.63) is 150 Å². The van der Waals surface area contributed by atoms with Gasteiger partial charge in [-0.1, -0.05) is 89.7 Å². The third kappa shape index (κ3) is 4.86. The molecule has 0 radical (unpaired) electrons. The Bertz CT molecular complexity index is 2000. The molecule has 0 fully saturated rings. The van der Waals surface area contributed by atoms with Crippen LogP contribution in [0, 0.1) is 20.8 Å². The summed E-state index contributed by atoms with van der Waals surface area (Å²) in [5, 5.41) is 0. The molecular weight excluding hydrogens is 542 g/mol. The number of hydrogen-bond acceptors (Lipinski definition) is 5. The van der Waals surface area contributed by atoms with Crippen LogP contribution in [0.25, 0.3) is 17.5 Å². The monoisotopic (exact) mass is 573 g/mol. The average molecular weight is 574 g/mol. The number of aromatic nitrogens is 2. The summed E-state index contributed by atoms with van der Waals surface area (Å²) >= 11 is 1.34. The van der Waals surface area contributed by atoms with Gasteiger partial charge in [0.15, 0.2) is 4.80 Å². The van der Waals surface area contributed by atoms with E-state index in [9.17, 15) is 9.59 Å². The lowest BCUT2D eigenvalue weighted by atomic mass is 9.93. The SMILES string of the molecule is CCOC(=O)C1=C(c2ccccc2)N=c2s/c(=C\c3cc(C)n(-c4ccc(C)cc4)c3C)c(=O)n2[C@@H]1c1ccccc1. The number of fused-ring (bicyclic) bond motifs is 1. The number of thiazole rings is 1. The van der Waals surface area contributed by atoms with Crippen LogP contribution in [0.4, 0.5) is 0 Å². The van der Waals surface area contributed by atoms with E-state index in [1.54, 1.807) is 11.5 Å². The van der Waals surface area contributed by atoms with Crippen LogP contribution in [0.5, 0.6) is 0 Å². The molecule has 1 aliphatic rings. The van der Waals surface area contributed by atoms with Crippen LogP contribution in [0.3, 0.4) is 0 Å². The van der Waals surface area contributed by atoms with Crippen molar-refractivity contribution >= 4 is 29.1 Å². The zero-order valence-electron chi connectivity index (χ0n) is 24.0. The summed E-state index contributed by atoms with van der Waals surface area (Å²) in [6.45, 7) is 8.20. The van der Waals surface area contributed by atoms with Crippen molar-refractivity contribution in [1.82, 2.24) is 9.13 Å². The molecule has 0 N–H and O–H groups in total. The van der Waals surface area contributed by atoms with E-state index in [-0.39, 0.29) is 12.2 Å². The highest BCUT2D eigenvalue weighted by Gasteiger charge is 2.35. The molecule has 2 aromatic heterocycles. The average Bonchev–Trinajstić information content (AvgIpc) is 3.47. The molecule has 6 rings (SSSR count). The maximum absolute atomic E-state index is 14.2. The topological polar surface area (TPSA) is 65.6 Å². The molecule has 3 aromatic carbocycles. The lowest BCUT2D eigenvalue weighted by Gasteiger charge is -2.25. The molecule has 0 amide bonds. The summed E-state index contributed by atoms with van der Waals surface area (Å²) in [5.41, 5.74) is 7.64. The first-order valence-electron chi connectivity index (χ1n) is 14.0. The Morgan fingerprint density at radius 1 is 0.952 bits per heavy atom. The third-order valence-corrected chi connectivity index (χ3v) is 8.52. The number of benzene rings is 3. The van der Waals surface area contributed by atoms with Crippen LogP contribution in [0.15, 0.2) is 106 Å². The van der Waals surface area contributed by atoms with Gasteiger partial charge in [-0.3, -0.25) is 9.36 Å². The lowest BCUT2D eigenvalue weighted by molar-refractivity contribution is -0.138. The Morgan fingerprint density at radius 3 is 2.29 bits per heavy atom. The molecule has 0 spiro atoms. The van der Waals surface area contributed by atoms with Gasteiger partial charge in [-0.15, -0.1) is 0 Å². The molecular formula is C35H31N3O3S. The minimum atomic E-state index is -0.682. The molecule has 7 heteroatoms. The number of hydrogen-bond donors (Lipinski definition) is 0. The van der Waals surface area contributed by atoms with Gasteiger partial charge in [0.25, 0.3) is 5.56 Å². The first kappa shape index (κ1) is 27.4. The van der Waals surface area contributed by atoms with Crippen molar-refractivity contribution in [1.29, 1.82) is 0 Å². The Balaban J connectivity index is 1.59. The number of ether oxygens (including phenoxy) is 1. The Labute approximate surface area is 248 Å². The van der Waals surface area contributed by atoms with E-state index in [0.29, 0.717) is 20.6 Å². The zero-order valence-corrected chi connectivity index (χ0v) is 24.8.